The molecule has 0 atom stereocenters. The van der Waals surface area contributed by atoms with Gasteiger partial charge in [-0.1, -0.05) is 42.5 Å². The van der Waals surface area contributed by atoms with E-state index in [1.54, 1.807) is 21.9 Å². The summed E-state index contributed by atoms with van der Waals surface area (Å²) in [6.07, 6.45) is 0. The molecule has 0 spiro atoms. The molecule has 0 aromatic heterocycles. The summed E-state index contributed by atoms with van der Waals surface area (Å²) in [7, 11) is -2.54. The quantitative estimate of drug-likeness (QED) is 0.531. The monoisotopic (exact) mass is 470 g/mol. The molecule has 2 aromatic rings. The molecular weight excluding hydrogens is 444 g/mol. The molecule has 0 unspecified atom stereocenters. The first-order chi connectivity index (χ1) is 15.8. The highest BCUT2D eigenvalue weighted by atomic mass is 32.2. The summed E-state index contributed by atoms with van der Waals surface area (Å²) in [4.78, 5) is 28.0. The van der Waals surface area contributed by atoms with E-state index in [4.69, 9.17) is 4.74 Å². The van der Waals surface area contributed by atoms with Crippen LogP contribution in [0.2, 0.25) is 0 Å². The van der Waals surface area contributed by atoms with Gasteiger partial charge in [0.1, 0.15) is 6.07 Å². The Morgan fingerprint density at radius 2 is 1.64 bits per heavy atom. The van der Waals surface area contributed by atoms with Gasteiger partial charge in [0.05, 0.1) is 30.7 Å². The van der Waals surface area contributed by atoms with Crippen molar-refractivity contribution < 1.29 is 22.7 Å². The van der Waals surface area contributed by atoms with E-state index in [1.165, 1.54) is 23.5 Å². The van der Waals surface area contributed by atoms with Crippen LogP contribution in [0.4, 0.5) is 0 Å². The topological polar surface area (TPSA) is 111 Å². The smallest absolute Gasteiger partial charge is 0.319 e. The Kier molecular flexibility index (Phi) is 8.16. The zero-order valence-electron chi connectivity index (χ0n) is 18.4. The van der Waals surface area contributed by atoms with Crippen molar-refractivity contribution in [2.24, 2.45) is 0 Å². The molecule has 0 radical (unpaired) electrons. The molecule has 0 bridgehead atoms. The Hall–Kier alpha value is -3.26. The number of amides is 1. The Balaban J connectivity index is 1.63. The van der Waals surface area contributed by atoms with Gasteiger partial charge < -0.3 is 9.64 Å². The van der Waals surface area contributed by atoms with Crippen LogP contribution < -0.4 is 0 Å². The molecule has 0 saturated carbocycles. The van der Waals surface area contributed by atoms with E-state index in [-0.39, 0.29) is 55.6 Å². The number of esters is 1. The van der Waals surface area contributed by atoms with E-state index in [0.717, 1.165) is 5.56 Å². The van der Waals surface area contributed by atoms with E-state index in [2.05, 4.69) is 0 Å². The maximum Gasteiger partial charge on any atom is 0.319 e. The highest BCUT2D eigenvalue weighted by Crippen LogP contribution is 2.21. The lowest BCUT2D eigenvalue weighted by Gasteiger charge is -2.35. The van der Waals surface area contributed by atoms with Gasteiger partial charge in [-0.2, -0.15) is 9.57 Å². The summed E-state index contributed by atoms with van der Waals surface area (Å²) >= 11 is 0. The minimum absolute atomic E-state index is 0.00795. The fourth-order valence-corrected chi connectivity index (χ4v) is 5.21. The molecule has 3 rings (SSSR count). The van der Waals surface area contributed by atoms with Crippen LogP contribution in [0, 0.1) is 11.3 Å². The summed E-state index contributed by atoms with van der Waals surface area (Å²) in [6, 6.07) is 17.5. The van der Waals surface area contributed by atoms with Crippen LogP contribution in [0.25, 0.3) is 0 Å². The van der Waals surface area contributed by atoms with Crippen molar-refractivity contribution >= 4 is 21.9 Å². The molecule has 0 aliphatic carbocycles. The number of benzene rings is 2. The summed E-state index contributed by atoms with van der Waals surface area (Å²) in [5, 5.41) is 9.24. The third-order valence-corrected chi connectivity index (χ3v) is 7.36. The predicted octanol–water partition coefficient (Wildman–Crippen LogP) is 1.07. The van der Waals surface area contributed by atoms with E-state index < -0.39 is 16.0 Å². The minimum atomic E-state index is -3.84. The van der Waals surface area contributed by atoms with Gasteiger partial charge in [0.15, 0.2) is 0 Å². The number of nitriles is 1. The molecule has 1 heterocycles. The van der Waals surface area contributed by atoms with Gasteiger partial charge in [0, 0.05) is 32.7 Å². The highest BCUT2D eigenvalue weighted by Gasteiger charge is 2.32. The molecule has 1 amide bonds. The number of methoxy groups -OCH3 is 1. The number of hydrogen-bond donors (Lipinski definition) is 0. The zero-order valence-corrected chi connectivity index (χ0v) is 19.2. The fourth-order valence-electron chi connectivity index (χ4n) is 3.65. The molecule has 2 aromatic carbocycles. The van der Waals surface area contributed by atoms with E-state index in [0.29, 0.717) is 6.54 Å². The largest absolute Gasteiger partial charge is 0.468 e. The average molecular weight is 471 g/mol. The Morgan fingerprint density at radius 3 is 2.27 bits per heavy atom. The third kappa shape index (κ3) is 6.16. The first kappa shape index (κ1) is 24.4. The number of ether oxygens (including phenoxy) is 1. The van der Waals surface area contributed by atoms with Crippen molar-refractivity contribution in [3.05, 3.63) is 65.7 Å². The number of nitrogens with zero attached hydrogens (tertiary/aromatic N) is 4. The second-order valence-corrected chi connectivity index (χ2v) is 9.51. The maximum absolute atomic E-state index is 13.0. The summed E-state index contributed by atoms with van der Waals surface area (Å²) in [6.45, 7) is 1.09. The van der Waals surface area contributed by atoms with Gasteiger partial charge in [-0.25, -0.2) is 8.42 Å². The molecule has 33 heavy (non-hydrogen) atoms. The zero-order chi connectivity index (χ0) is 23.8. The number of carbonyl (C=O) groups excluding carboxylic acids is 2. The lowest BCUT2D eigenvalue weighted by atomic mass is 10.2. The third-order valence-electron chi connectivity index (χ3n) is 5.40. The van der Waals surface area contributed by atoms with Gasteiger partial charge in [-0.05, 0) is 17.7 Å². The standard InChI is InChI=1S/C23H26N4O5S/c1-32-23(29)18-25(16-19-7-3-2-4-8-19)17-22(28)26-11-13-27(14-12-26)33(30,31)21-10-6-5-9-20(21)15-24/h2-10H,11-14,16-18H2,1H3. The van der Waals surface area contributed by atoms with Crippen LogP contribution in [0.3, 0.4) is 0 Å². The van der Waals surface area contributed by atoms with Crippen LogP contribution in [0.1, 0.15) is 11.1 Å². The Bertz CT molecular complexity index is 1120. The number of hydrogen-bond acceptors (Lipinski definition) is 7. The fraction of sp³-hybridized carbons (Fsp3) is 0.348. The van der Waals surface area contributed by atoms with Crippen LogP contribution >= 0.6 is 0 Å². The molecule has 10 heteroatoms. The van der Waals surface area contributed by atoms with Crippen molar-refractivity contribution in [2.75, 3.05) is 46.4 Å². The Morgan fingerprint density at radius 1 is 1.00 bits per heavy atom. The van der Waals surface area contributed by atoms with Gasteiger partial charge in [-0.15, -0.1) is 0 Å². The van der Waals surface area contributed by atoms with E-state index >= 15 is 0 Å². The highest BCUT2D eigenvalue weighted by molar-refractivity contribution is 7.89. The number of rotatable bonds is 8. The maximum atomic E-state index is 13.0. The van der Waals surface area contributed by atoms with Gasteiger partial charge in [0.2, 0.25) is 15.9 Å². The molecule has 0 N–H and O–H groups in total. The van der Waals surface area contributed by atoms with E-state index in [9.17, 15) is 23.3 Å². The van der Waals surface area contributed by atoms with Crippen LogP contribution in [-0.4, -0.2) is 80.8 Å². The number of carbonyl (C=O) groups is 2. The van der Waals surface area contributed by atoms with Gasteiger partial charge in [0.25, 0.3) is 0 Å². The molecule has 9 nitrogen and oxygen atoms in total. The van der Waals surface area contributed by atoms with E-state index in [1.807, 2.05) is 36.4 Å². The second kappa shape index (κ2) is 11.0. The first-order valence-corrected chi connectivity index (χ1v) is 11.9. The van der Waals surface area contributed by atoms with Crippen molar-refractivity contribution in [3.8, 4) is 6.07 Å². The van der Waals surface area contributed by atoms with Crippen molar-refractivity contribution in [3.63, 3.8) is 0 Å². The second-order valence-electron chi connectivity index (χ2n) is 7.60. The summed E-state index contributed by atoms with van der Waals surface area (Å²) in [5.41, 5.74) is 1.05. The SMILES string of the molecule is COC(=O)CN(CC(=O)N1CCN(S(=O)(=O)c2ccccc2C#N)CC1)Cc1ccccc1. The van der Waals surface area contributed by atoms with Gasteiger partial charge >= 0.3 is 5.97 Å². The summed E-state index contributed by atoms with van der Waals surface area (Å²) in [5.74, 6) is -0.630. The number of sulfonamides is 1. The van der Waals surface area contributed by atoms with Crippen molar-refractivity contribution in [1.82, 2.24) is 14.1 Å². The molecule has 1 aliphatic heterocycles. The molecule has 174 valence electrons. The van der Waals surface area contributed by atoms with Crippen molar-refractivity contribution in [1.29, 1.82) is 5.26 Å². The molecule has 1 aliphatic rings. The van der Waals surface area contributed by atoms with Crippen LogP contribution in [-0.2, 0) is 30.9 Å². The summed E-state index contributed by atoms with van der Waals surface area (Å²) < 4.78 is 32.0. The van der Waals surface area contributed by atoms with Crippen LogP contribution in [0.15, 0.2) is 59.5 Å². The lowest BCUT2D eigenvalue weighted by molar-refractivity contribution is -0.143. The van der Waals surface area contributed by atoms with Crippen LogP contribution in [0.5, 0.6) is 0 Å². The normalized spacial score (nSPS) is 14.6. The Labute approximate surface area is 193 Å². The van der Waals surface area contributed by atoms with Gasteiger partial charge in [-0.3, -0.25) is 14.5 Å². The van der Waals surface area contributed by atoms with Crippen molar-refractivity contribution in [2.45, 2.75) is 11.4 Å². The number of piperazine rings is 1. The lowest BCUT2D eigenvalue weighted by Crippen LogP contribution is -2.52. The predicted molar refractivity (Wildman–Crippen MR) is 120 cm³/mol. The minimum Gasteiger partial charge on any atom is -0.468 e. The average Bonchev–Trinajstić information content (AvgIpc) is 2.84. The molecular formula is C23H26N4O5S. The molecule has 1 fully saturated rings. The first-order valence-electron chi connectivity index (χ1n) is 10.5. The molecule has 1 saturated heterocycles.